The van der Waals surface area contributed by atoms with Crippen LogP contribution in [0.1, 0.15) is 0 Å². The summed E-state index contributed by atoms with van der Waals surface area (Å²) >= 11 is 0. The monoisotopic (exact) mass is 407 g/mol. The quantitative estimate of drug-likeness (QED) is 0.287. The van der Waals surface area contributed by atoms with Gasteiger partial charge in [-0.25, -0.2) is 0 Å². The summed E-state index contributed by atoms with van der Waals surface area (Å²) in [5, 5.41) is 5.11. The van der Waals surface area contributed by atoms with E-state index in [4.69, 9.17) is 0 Å². The summed E-state index contributed by atoms with van der Waals surface area (Å²) in [6.07, 6.45) is 3.67. The van der Waals surface area contributed by atoms with Crippen molar-refractivity contribution < 1.29 is 0 Å². The number of hydrogen-bond donors (Lipinski definition) is 0. The molecule has 150 valence electrons. The maximum Gasteiger partial charge on any atom is 0.0273 e. The molecule has 6 aromatic rings. The van der Waals surface area contributed by atoms with Crippen molar-refractivity contribution in [1.82, 2.24) is 4.98 Å². The molecule has 0 N–H and O–H groups in total. The first-order chi connectivity index (χ1) is 15.9. The predicted octanol–water partition coefficient (Wildman–Crippen LogP) is 8.39. The maximum absolute atomic E-state index is 4.12. The summed E-state index contributed by atoms with van der Waals surface area (Å²) in [5.41, 5.74) is 7.42. The molecule has 5 aromatic carbocycles. The Hall–Kier alpha value is -4.23. The molecule has 0 saturated carbocycles. The van der Waals surface area contributed by atoms with Crippen LogP contribution in [-0.4, -0.2) is 4.98 Å². The van der Waals surface area contributed by atoms with Crippen LogP contribution in [0.3, 0.4) is 0 Å². The third-order valence-corrected chi connectivity index (χ3v) is 6.21. The van der Waals surface area contributed by atoms with Gasteiger partial charge in [-0.1, -0.05) is 103 Å². The fourth-order valence-electron chi connectivity index (χ4n) is 4.63. The number of pyridine rings is 1. The third-order valence-electron chi connectivity index (χ3n) is 6.21. The number of rotatable bonds is 3. The highest BCUT2D eigenvalue weighted by atomic mass is 14.6. The molecule has 1 heterocycles. The SMILES string of the molecule is c1ccc2c(-c3ccc(-c4ccc(-c5ccncc5)cc4)c4ccccc34)cccc2c1. The van der Waals surface area contributed by atoms with Gasteiger partial charge in [0.2, 0.25) is 0 Å². The van der Waals surface area contributed by atoms with E-state index in [0.29, 0.717) is 0 Å². The van der Waals surface area contributed by atoms with Gasteiger partial charge in [-0.15, -0.1) is 0 Å². The van der Waals surface area contributed by atoms with Crippen LogP contribution in [-0.2, 0) is 0 Å². The Labute approximate surface area is 187 Å². The first kappa shape index (κ1) is 18.5. The van der Waals surface area contributed by atoms with Gasteiger partial charge in [-0.05, 0) is 67.1 Å². The molecule has 6 rings (SSSR count). The second-order valence-electron chi connectivity index (χ2n) is 8.05. The molecule has 32 heavy (non-hydrogen) atoms. The molecule has 0 fully saturated rings. The zero-order valence-corrected chi connectivity index (χ0v) is 17.6. The van der Waals surface area contributed by atoms with Crippen LogP contribution in [0.2, 0.25) is 0 Å². The van der Waals surface area contributed by atoms with Crippen molar-refractivity contribution in [3.8, 4) is 33.4 Å². The van der Waals surface area contributed by atoms with Crippen LogP contribution >= 0.6 is 0 Å². The van der Waals surface area contributed by atoms with Crippen molar-refractivity contribution in [2.75, 3.05) is 0 Å². The van der Waals surface area contributed by atoms with Gasteiger partial charge in [0.25, 0.3) is 0 Å². The molecule has 0 atom stereocenters. The molecule has 0 amide bonds. The first-order valence-electron chi connectivity index (χ1n) is 10.9. The lowest BCUT2D eigenvalue weighted by Crippen LogP contribution is -1.87. The van der Waals surface area contributed by atoms with E-state index in [9.17, 15) is 0 Å². The Morgan fingerprint density at radius 2 is 0.875 bits per heavy atom. The van der Waals surface area contributed by atoms with Gasteiger partial charge in [0.15, 0.2) is 0 Å². The van der Waals surface area contributed by atoms with Crippen LogP contribution in [0.5, 0.6) is 0 Å². The molecule has 0 aliphatic rings. The van der Waals surface area contributed by atoms with E-state index < -0.39 is 0 Å². The molecule has 1 heteroatoms. The Morgan fingerprint density at radius 1 is 0.344 bits per heavy atom. The molecule has 0 bridgehead atoms. The summed E-state index contributed by atoms with van der Waals surface area (Å²) in [6.45, 7) is 0. The van der Waals surface area contributed by atoms with Gasteiger partial charge in [0.1, 0.15) is 0 Å². The number of fused-ring (bicyclic) bond motifs is 2. The van der Waals surface area contributed by atoms with Crippen molar-refractivity contribution in [3.63, 3.8) is 0 Å². The Morgan fingerprint density at radius 3 is 1.66 bits per heavy atom. The smallest absolute Gasteiger partial charge is 0.0273 e. The summed E-state index contributed by atoms with van der Waals surface area (Å²) in [6, 6.07) is 41.4. The van der Waals surface area contributed by atoms with Crippen molar-refractivity contribution >= 4 is 21.5 Å². The van der Waals surface area contributed by atoms with Crippen LogP contribution in [0.4, 0.5) is 0 Å². The molecular formula is C31H21N. The minimum absolute atomic E-state index is 1.18. The highest BCUT2D eigenvalue weighted by Crippen LogP contribution is 2.38. The predicted molar refractivity (Wildman–Crippen MR) is 136 cm³/mol. The molecule has 0 spiro atoms. The number of benzene rings is 5. The highest BCUT2D eigenvalue weighted by molar-refractivity contribution is 6.09. The lowest BCUT2D eigenvalue weighted by molar-refractivity contribution is 1.33. The lowest BCUT2D eigenvalue weighted by Gasteiger charge is -2.14. The summed E-state index contributed by atoms with van der Waals surface area (Å²) in [7, 11) is 0. The van der Waals surface area contributed by atoms with E-state index in [1.165, 1.54) is 54.9 Å². The molecule has 0 unspecified atom stereocenters. The van der Waals surface area contributed by atoms with Crippen molar-refractivity contribution in [2.45, 2.75) is 0 Å². The van der Waals surface area contributed by atoms with E-state index in [0.717, 1.165) is 0 Å². The molecule has 1 aromatic heterocycles. The number of nitrogens with zero attached hydrogens (tertiary/aromatic N) is 1. The summed E-state index contributed by atoms with van der Waals surface area (Å²) < 4.78 is 0. The lowest BCUT2D eigenvalue weighted by atomic mass is 9.90. The zero-order chi connectivity index (χ0) is 21.3. The fourth-order valence-corrected chi connectivity index (χ4v) is 4.63. The minimum Gasteiger partial charge on any atom is -0.265 e. The fraction of sp³-hybridized carbons (Fsp3) is 0. The topological polar surface area (TPSA) is 12.9 Å². The normalized spacial score (nSPS) is 11.1. The largest absolute Gasteiger partial charge is 0.265 e. The molecule has 1 nitrogen and oxygen atoms in total. The Bertz CT molecular complexity index is 1540. The highest BCUT2D eigenvalue weighted by Gasteiger charge is 2.11. The standard InChI is InChI=1S/C31H21N/c1-2-8-26-24(6-1)7-5-11-29(26)31-17-16-27(28-9-3-4-10-30(28)31)25-14-12-22(13-15-25)23-18-20-32-21-19-23/h1-21H. The van der Waals surface area contributed by atoms with Gasteiger partial charge < -0.3 is 0 Å². The van der Waals surface area contributed by atoms with Gasteiger partial charge in [0.05, 0.1) is 0 Å². The van der Waals surface area contributed by atoms with E-state index >= 15 is 0 Å². The van der Waals surface area contributed by atoms with Crippen LogP contribution in [0.15, 0.2) is 128 Å². The molecule has 0 aliphatic carbocycles. The molecular weight excluding hydrogens is 386 g/mol. The average Bonchev–Trinajstić information content (AvgIpc) is 2.88. The van der Waals surface area contributed by atoms with Gasteiger partial charge in [0, 0.05) is 12.4 Å². The average molecular weight is 408 g/mol. The van der Waals surface area contributed by atoms with Crippen molar-refractivity contribution in [1.29, 1.82) is 0 Å². The van der Waals surface area contributed by atoms with Crippen molar-refractivity contribution in [2.24, 2.45) is 0 Å². The number of aromatic nitrogens is 1. The number of hydrogen-bond acceptors (Lipinski definition) is 1. The third kappa shape index (κ3) is 3.16. The zero-order valence-electron chi connectivity index (χ0n) is 17.6. The second-order valence-corrected chi connectivity index (χ2v) is 8.05. The van der Waals surface area contributed by atoms with Gasteiger partial charge >= 0.3 is 0 Å². The molecule has 0 radical (unpaired) electrons. The minimum atomic E-state index is 1.18. The van der Waals surface area contributed by atoms with E-state index in [1.54, 1.807) is 0 Å². The second kappa shape index (κ2) is 7.79. The summed E-state index contributed by atoms with van der Waals surface area (Å²) in [4.78, 5) is 4.12. The summed E-state index contributed by atoms with van der Waals surface area (Å²) in [5.74, 6) is 0. The van der Waals surface area contributed by atoms with Gasteiger partial charge in [-0.2, -0.15) is 0 Å². The van der Waals surface area contributed by atoms with Gasteiger partial charge in [-0.3, -0.25) is 4.98 Å². The van der Waals surface area contributed by atoms with Crippen LogP contribution < -0.4 is 0 Å². The Balaban J connectivity index is 1.51. The van der Waals surface area contributed by atoms with Crippen LogP contribution in [0.25, 0.3) is 54.9 Å². The van der Waals surface area contributed by atoms with E-state index in [-0.39, 0.29) is 0 Å². The Kier molecular flexibility index (Phi) is 4.51. The van der Waals surface area contributed by atoms with Crippen molar-refractivity contribution in [3.05, 3.63) is 128 Å². The first-order valence-corrected chi connectivity index (χ1v) is 10.9. The van der Waals surface area contributed by atoms with E-state index in [1.807, 2.05) is 24.5 Å². The molecule has 0 aliphatic heterocycles. The maximum atomic E-state index is 4.12. The van der Waals surface area contributed by atoms with Crippen LogP contribution in [0, 0.1) is 0 Å². The molecule has 0 saturated heterocycles. The van der Waals surface area contributed by atoms with E-state index in [2.05, 4.69) is 108 Å².